The molecule has 2 unspecified atom stereocenters. The maximum Gasteiger partial charge on any atom is 0.0492 e. The van der Waals surface area contributed by atoms with Gasteiger partial charge in [0.05, 0.1) is 0 Å². The summed E-state index contributed by atoms with van der Waals surface area (Å²) < 4.78 is 0. The standard InChI is InChI=1S/C11H18N4.ClH/c1-2-10-7-15(6-4-9(1)13-10)8-11-3-5-12-14-11;/h3,5,9-10,13H,1-2,4,6-8H2,(H,12,14);1H. The molecule has 0 spiro atoms. The predicted octanol–water partition coefficient (Wildman–Crippen LogP) is 1.16. The molecular formula is C11H19ClN4. The number of fused-ring (bicyclic) bond motifs is 2. The summed E-state index contributed by atoms with van der Waals surface area (Å²) in [7, 11) is 0. The fraction of sp³-hybridized carbons (Fsp3) is 0.727. The summed E-state index contributed by atoms with van der Waals surface area (Å²) in [6, 6.07) is 3.57. The first-order chi connectivity index (χ1) is 7.40. The highest BCUT2D eigenvalue weighted by atomic mass is 35.5. The number of halogens is 1. The van der Waals surface area contributed by atoms with Gasteiger partial charge in [0.25, 0.3) is 0 Å². The van der Waals surface area contributed by atoms with Crippen LogP contribution < -0.4 is 5.32 Å². The van der Waals surface area contributed by atoms with Crippen molar-refractivity contribution in [2.24, 2.45) is 0 Å². The van der Waals surface area contributed by atoms with Crippen LogP contribution in [0.15, 0.2) is 12.3 Å². The van der Waals surface area contributed by atoms with E-state index >= 15 is 0 Å². The molecule has 1 aromatic rings. The van der Waals surface area contributed by atoms with Crippen LogP contribution in [0.5, 0.6) is 0 Å². The Morgan fingerprint density at radius 2 is 2.19 bits per heavy atom. The second-order valence-corrected chi connectivity index (χ2v) is 4.74. The van der Waals surface area contributed by atoms with Gasteiger partial charge >= 0.3 is 0 Å². The molecule has 90 valence electrons. The number of aromatic nitrogens is 2. The van der Waals surface area contributed by atoms with E-state index in [-0.39, 0.29) is 12.4 Å². The van der Waals surface area contributed by atoms with Gasteiger partial charge < -0.3 is 5.32 Å². The number of likely N-dealkylation sites (tertiary alicyclic amines) is 1. The summed E-state index contributed by atoms with van der Waals surface area (Å²) in [5.41, 5.74) is 1.23. The molecule has 5 heteroatoms. The first kappa shape index (κ1) is 11.9. The minimum Gasteiger partial charge on any atom is -0.310 e. The molecule has 2 aliphatic rings. The van der Waals surface area contributed by atoms with Crippen molar-refractivity contribution in [2.75, 3.05) is 13.1 Å². The van der Waals surface area contributed by atoms with Gasteiger partial charge in [0.15, 0.2) is 0 Å². The van der Waals surface area contributed by atoms with Crippen LogP contribution in [-0.2, 0) is 6.54 Å². The van der Waals surface area contributed by atoms with E-state index in [1.54, 1.807) is 0 Å². The Bertz CT molecular complexity index is 314. The van der Waals surface area contributed by atoms with Crippen molar-refractivity contribution in [3.8, 4) is 0 Å². The molecule has 0 aromatic carbocycles. The van der Waals surface area contributed by atoms with Gasteiger partial charge in [0, 0.05) is 43.6 Å². The first-order valence-corrected chi connectivity index (χ1v) is 5.87. The fourth-order valence-corrected chi connectivity index (χ4v) is 2.77. The third-order valence-corrected chi connectivity index (χ3v) is 3.56. The van der Waals surface area contributed by atoms with Gasteiger partial charge in [-0.3, -0.25) is 10.00 Å². The van der Waals surface area contributed by atoms with Crippen molar-refractivity contribution in [2.45, 2.75) is 37.9 Å². The third kappa shape index (κ3) is 2.56. The Labute approximate surface area is 102 Å². The largest absolute Gasteiger partial charge is 0.310 e. The van der Waals surface area contributed by atoms with Gasteiger partial charge in [-0.2, -0.15) is 5.10 Å². The van der Waals surface area contributed by atoms with E-state index in [1.165, 1.54) is 38.0 Å². The lowest BCUT2D eigenvalue weighted by Gasteiger charge is -2.22. The summed E-state index contributed by atoms with van der Waals surface area (Å²) in [5, 5.41) is 10.7. The molecule has 2 bridgehead atoms. The zero-order valence-corrected chi connectivity index (χ0v) is 10.2. The number of rotatable bonds is 2. The first-order valence-electron chi connectivity index (χ1n) is 5.87. The Morgan fingerprint density at radius 1 is 1.31 bits per heavy atom. The number of nitrogens with one attached hydrogen (secondary N) is 2. The van der Waals surface area contributed by atoms with Crippen LogP contribution >= 0.6 is 12.4 Å². The summed E-state index contributed by atoms with van der Waals surface area (Å²) in [6.45, 7) is 3.42. The van der Waals surface area contributed by atoms with E-state index in [1.807, 2.05) is 6.20 Å². The topological polar surface area (TPSA) is 44.0 Å². The van der Waals surface area contributed by atoms with Gasteiger partial charge in [0.2, 0.25) is 0 Å². The van der Waals surface area contributed by atoms with E-state index in [4.69, 9.17) is 0 Å². The number of hydrogen-bond acceptors (Lipinski definition) is 3. The highest BCUT2D eigenvalue weighted by Gasteiger charge is 2.29. The van der Waals surface area contributed by atoms with E-state index in [0.717, 1.165) is 18.6 Å². The summed E-state index contributed by atoms with van der Waals surface area (Å²) >= 11 is 0. The molecule has 2 N–H and O–H groups in total. The molecule has 0 amide bonds. The van der Waals surface area contributed by atoms with Gasteiger partial charge in [-0.15, -0.1) is 12.4 Å². The number of nitrogens with zero attached hydrogens (tertiary/aromatic N) is 2. The Hall–Kier alpha value is -0.580. The average Bonchev–Trinajstić information content (AvgIpc) is 2.80. The lowest BCUT2D eigenvalue weighted by atomic mass is 10.1. The van der Waals surface area contributed by atoms with Crippen LogP contribution in [0.3, 0.4) is 0 Å². The van der Waals surface area contributed by atoms with Crippen molar-refractivity contribution < 1.29 is 0 Å². The van der Waals surface area contributed by atoms with Crippen molar-refractivity contribution >= 4 is 12.4 Å². The minimum atomic E-state index is 0. The minimum absolute atomic E-state index is 0. The molecule has 2 aliphatic heterocycles. The van der Waals surface area contributed by atoms with Crippen molar-refractivity contribution in [1.82, 2.24) is 20.4 Å². The van der Waals surface area contributed by atoms with Crippen molar-refractivity contribution in [1.29, 1.82) is 0 Å². The summed E-state index contributed by atoms with van der Waals surface area (Å²) in [6.07, 6.45) is 5.86. The number of hydrogen-bond donors (Lipinski definition) is 2. The molecule has 3 heterocycles. The SMILES string of the molecule is Cl.c1cc(CN2CCC3CCC(C2)N3)[nH]n1. The fourth-order valence-electron chi connectivity index (χ4n) is 2.77. The monoisotopic (exact) mass is 242 g/mol. The third-order valence-electron chi connectivity index (χ3n) is 3.56. The molecule has 2 saturated heterocycles. The van der Waals surface area contributed by atoms with Crippen molar-refractivity contribution in [3.05, 3.63) is 18.0 Å². The maximum atomic E-state index is 3.99. The quantitative estimate of drug-likeness (QED) is 0.818. The van der Waals surface area contributed by atoms with Gasteiger partial charge in [-0.05, 0) is 25.3 Å². The molecular weight excluding hydrogens is 224 g/mol. The molecule has 0 aliphatic carbocycles. The Kier molecular flexibility index (Phi) is 3.84. The molecule has 2 fully saturated rings. The van der Waals surface area contributed by atoms with E-state index in [0.29, 0.717) is 0 Å². The molecule has 16 heavy (non-hydrogen) atoms. The highest BCUT2D eigenvalue weighted by molar-refractivity contribution is 5.85. The Morgan fingerprint density at radius 3 is 3.00 bits per heavy atom. The van der Waals surface area contributed by atoms with Crippen LogP contribution in [0, 0.1) is 0 Å². The molecule has 0 saturated carbocycles. The van der Waals surface area contributed by atoms with Crippen molar-refractivity contribution in [3.63, 3.8) is 0 Å². The number of aromatic amines is 1. The lowest BCUT2D eigenvalue weighted by Crippen LogP contribution is -2.35. The zero-order valence-electron chi connectivity index (χ0n) is 9.35. The van der Waals surface area contributed by atoms with Crippen LogP contribution in [0.1, 0.15) is 25.0 Å². The maximum absolute atomic E-state index is 3.99. The van der Waals surface area contributed by atoms with Crippen LogP contribution in [0.25, 0.3) is 0 Å². The molecule has 2 atom stereocenters. The van der Waals surface area contributed by atoms with E-state index in [2.05, 4.69) is 26.5 Å². The number of H-pyrrole nitrogens is 1. The molecule has 1 aromatic heterocycles. The van der Waals surface area contributed by atoms with Gasteiger partial charge in [-0.25, -0.2) is 0 Å². The van der Waals surface area contributed by atoms with Gasteiger partial charge in [0.1, 0.15) is 0 Å². The zero-order chi connectivity index (χ0) is 10.1. The van der Waals surface area contributed by atoms with E-state index < -0.39 is 0 Å². The Balaban J connectivity index is 0.000000963. The second kappa shape index (κ2) is 5.17. The van der Waals surface area contributed by atoms with Gasteiger partial charge in [-0.1, -0.05) is 0 Å². The van der Waals surface area contributed by atoms with Crippen LogP contribution in [0.2, 0.25) is 0 Å². The average molecular weight is 243 g/mol. The summed E-state index contributed by atoms with van der Waals surface area (Å²) in [5.74, 6) is 0. The molecule has 4 nitrogen and oxygen atoms in total. The smallest absolute Gasteiger partial charge is 0.0492 e. The predicted molar refractivity (Wildman–Crippen MR) is 65.7 cm³/mol. The normalized spacial score (nSPS) is 29.8. The van der Waals surface area contributed by atoms with Crippen LogP contribution in [0.4, 0.5) is 0 Å². The summed E-state index contributed by atoms with van der Waals surface area (Å²) in [4.78, 5) is 2.53. The van der Waals surface area contributed by atoms with Crippen LogP contribution in [-0.4, -0.2) is 40.3 Å². The highest BCUT2D eigenvalue weighted by Crippen LogP contribution is 2.21. The second-order valence-electron chi connectivity index (χ2n) is 4.74. The van der Waals surface area contributed by atoms with E-state index in [9.17, 15) is 0 Å². The lowest BCUT2D eigenvalue weighted by molar-refractivity contribution is 0.248. The molecule has 0 radical (unpaired) electrons. The molecule has 3 rings (SSSR count).